The zero-order valence-corrected chi connectivity index (χ0v) is 20.4. The molecule has 1 unspecified atom stereocenters. The van der Waals surface area contributed by atoms with Gasteiger partial charge in [0.15, 0.2) is 0 Å². The number of hydrogen-bond donors (Lipinski definition) is 1. The lowest BCUT2D eigenvalue weighted by Gasteiger charge is -2.30. The number of nitriles is 1. The maximum absolute atomic E-state index is 13.0. The first-order valence-electron chi connectivity index (χ1n) is 11.0. The van der Waals surface area contributed by atoms with Crippen molar-refractivity contribution in [3.63, 3.8) is 0 Å². The topological polar surface area (TPSA) is 115 Å². The molecular formula is C26H30N2O6. The minimum atomic E-state index is -0.950. The molecule has 0 aromatic heterocycles. The van der Waals surface area contributed by atoms with Crippen LogP contribution in [-0.2, 0) is 28.6 Å². The van der Waals surface area contributed by atoms with Crippen molar-refractivity contribution in [2.75, 3.05) is 13.2 Å². The van der Waals surface area contributed by atoms with E-state index < -0.39 is 29.4 Å². The molecule has 0 bridgehead atoms. The number of rotatable bonds is 7. The average Bonchev–Trinajstić information content (AvgIpc) is 2.76. The fraction of sp³-hybridized carbons (Fsp3) is 0.385. The first-order chi connectivity index (χ1) is 16.0. The first kappa shape index (κ1) is 26.4. The summed E-state index contributed by atoms with van der Waals surface area (Å²) in [5, 5.41) is 12.6. The molecule has 2 rings (SSSR count). The predicted octanol–water partition coefficient (Wildman–Crippen LogP) is 3.91. The Morgan fingerprint density at radius 3 is 2.21 bits per heavy atom. The van der Waals surface area contributed by atoms with E-state index in [1.165, 1.54) is 6.08 Å². The Morgan fingerprint density at radius 1 is 1.06 bits per heavy atom. The summed E-state index contributed by atoms with van der Waals surface area (Å²) in [4.78, 5) is 38.2. The second-order valence-electron chi connectivity index (χ2n) is 8.43. The number of carbonyl (C=O) groups excluding carboxylic acids is 3. The van der Waals surface area contributed by atoms with Gasteiger partial charge < -0.3 is 19.5 Å². The van der Waals surface area contributed by atoms with E-state index in [1.807, 2.05) is 6.07 Å². The fourth-order valence-corrected chi connectivity index (χ4v) is 3.55. The number of dihydropyridines is 1. The van der Waals surface area contributed by atoms with Crippen molar-refractivity contribution in [3.05, 3.63) is 64.0 Å². The molecular weight excluding hydrogens is 436 g/mol. The van der Waals surface area contributed by atoms with Crippen LogP contribution in [0.15, 0.2) is 52.9 Å². The van der Waals surface area contributed by atoms with Gasteiger partial charge in [-0.3, -0.25) is 0 Å². The molecule has 1 atom stereocenters. The molecule has 0 radical (unpaired) electrons. The van der Waals surface area contributed by atoms with Crippen LogP contribution in [0, 0.1) is 11.3 Å². The molecule has 1 aromatic rings. The van der Waals surface area contributed by atoms with Crippen molar-refractivity contribution in [2.24, 2.45) is 0 Å². The SMILES string of the molecule is CCOC(=O)C1=C(C)NC(C#N)=C(C(=O)OCC)C1c1ccccc1/C=C/C(=O)OC(C)(C)C. The molecule has 0 saturated heterocycles. The Bertz CT molecular complexity index is 1100. The number of ether oxygens (including phenoxy) is 3. The number of nitrogens with zero attached hydrogens (tertiary/aromatic N) is 1. The number of hydrogen-bond acceptors (Lipinski definition) is 8. The molecule has 0 saturated carbocycles. The third kappa shape index (κ3) is 6.35. The zero-order valence-electron chi connectivity index (χ0n) is 20.4. The molecule has 1 N–H and O–H groups in total. The van der Waals surface area contributed by atoms with Crippen LogP contribution in [0.2, 0.25) is 0 Å². The largest absolute Gasteiger partial charge is 0.463 e. The number of esters is 3. The van der Waals surface area contributed by atoms with Crippen molar-refractivity contribution in [1.29, 1.82) is 5.26 Å². The maximum atomic E-state index is 13.0. The summed E-state index contributed by atoms with van der Waals surface area (Å²) in [6.45, 7) is 10.5. The monoisotopic (exact) mass is 466 g/mol. The Morgan fingerprint density at radius 2 is 1.65 bits per heavy atom. The summed E-state index contributed by atoms with van der Waals surface area (Å²) in [7, 11) is 0. The van der Waals surface area contributed by atoms with E-state index in [4.69, 9.17) is 14.2 Å². The molecule has 1 aromatic carbocycles. The minimum Gasteiger partial charge on any atom is -0.463 e. The molecule has 1 aliphatic heterocycles. The smallest absolute Gasteiger partial charge is 0.337 e. The summed E-state index contributed by atoms with van der Waals surface area (Å²) in [6, 6.07) is 8.98. The van der Waals surface area contributed by atoms with E-state index in [0.29, 0.717) is 16.8 Å². The van der Waals surface area contributed by atoms with E-state index in [9.17, 15) is 19.6 Å². The van der Waals surface area contributed by atoms with Gasteiger partial charge in [-0.15, -0.1) is 0 Å². The van der Waals surface area contributed by atoms with Gasteiger partial charge in [0.05, 0.1) is 30.3 Å². The van der Waals surface area contributed by atoms with E-state index in [2.05, 4.69) is 5.32 Å². The molecule has 0 aliphatic carbocycles. The van der Waals surface area contributed by atoms with Gasteiger partial charge in [-0.05, 0) is 58.7 Å². The number of carbonyl (C=O) groups is 3. The van der Waals surface area contributed by atoms with Crippen molar-refractivity contribution < 1.29 is 28.6 Å². The van der Waals surface area contributed by atoms with Gasteiger partial charge in [0, 0.05) is 11.8 Å². The lowest BCUT2D eigenvalue weighted by Crippen LogP contribution is -2.33. The molecule has 0 spiro atoms. The van der Waals surface area contributed by atoms with Gasteiger partial charge in [-0.25, -0.2) is 14.4 Å². The Labute approximate surface area is 199 Å². The third-order valence-corrected chi connectivity index (χ3v) is 4.78. The van der Waals surface area contributed by atoms with Gasteiger partial charge >= 0.3 is 17.9 Å². The maximum Gasteiger partial charge on any atom is 0.337 e. The standard InChI is InChI=1S/C26H30N2O6/c1-7-32-24(30)21-16(3)28-19(15-27)23(25(31)33-8-2)22(21)18-12-10-9-11-17(18)13-14-20(29)34-26(4,5)6/h9-14,22,28H,7-8H2,1-6H3/b14-13+. The van der Waals surface area contributed by atoms with Gasteiger partial charge in [0.25, 0.3) is 0 Å². The lowest BCUT2D eigenvalue weighted by atomic mass is 9.78. The summed E-state index contributed by atoms with van der Waals surface area (Å²) >= 11 is 0. The van der Waals surface area contributed by atoms with Gasteiger partial charge in [-0.1, -0.05) is 24.3 Å². The summed E-state index contributed by atoms with van der Waals surface area (Å²) in [5.74, 6) is -2.84. The van der Waals surface area contributed by atoms with Crippen LogP contribution in [0.3, 0.4) is 0 Å². The molecule has 8 nitrogen and oxygen atoms in total. The van der Waals surface area contributed by atoms with Crippen molar-refractivity contribution in [3.8, 4) is 6.07 Å². The van der Waals surface area contributed by atoms with E-state index in [0.717, 1.165) is 0 Å². The van der Waals surface area contributed by atoms with E-state index in [1.54, 1.807) is 71.9 Å². The van der Waals surface area contributed by atoms with Crippen LogP contribution >= 0.6 is 0 Å². The summed E-state index contributed by atoms with van der Waals surface area (Å²) < 4.78 is 15.8. The zero-order chi connectivity index (χ0) is 25.5. The Balaban J connectivity index is 2.71. The van der Waals surface area contributed by atoms with Crippen molar-refractivity contribution in [1.82, 2.24) is 5.32 Å². The third-order valence-electron chi connectivity index (χ3n) is 4.78. The number of nitrogens with one attached hydrogen (secondary N) is 1. The molecule has 34 heavy (non-hydrogen) atoms. The summed E-state index contributed by atoms with van der Waals surface area (Å²) in [6.07, 6.45) is 2.84. The van der Waals surface area contributed by atoms with Crippen molar-refractivity contribution >= 4 is 24.0 Å². The second kappa shape index (κ2) is 11.3. The van der Waals surface area contributed by atoms with Gasteiger partial charge in [0.1, 0.15) is 17.4 Å². The average molecular weight is 467 g/mol. The number of benzene rings is 1. The van der Waals surface area contributed by atoms with E-state index >= 15 is 0 Å². The molecule has 1 heterocycles. The second-order valence-corrected chi connectivity index (χ2v) is 8.43. The summed E-state index contributed by atoms with van der Waals surface area (Å²) in [5.41, 5.74) is 0.988. The molecule has 8 heteroatoms. The van der Waals surface area contributed by atoms with Crippen LogP contribution in [0.5, 0.6) is 0 Å². The highest BCUT2D eigenvalue weighted by atomic mass is 16.6. The molecule has 0 amide bonds. The lowest BCUT2D eigenvalue weighted by molar-refractivity contribution is -0.148. The van der Waals surface area contributed by atoms with Gasteiger partial charge in [-0.2, -0.15) is 5.26 Å². The molecule has 180 valence electrons. The van der Waals surface area contributed by atoms with Crippen LogP contribution in [0.25, 0.3) is 6.08 Å². The van der Waals surface area contributed by atoms with E-state index in [-0.39, 0.29) is 30.1 Å². The minimum absolute atomic E-state index is 0.00359. The normalized spacial score (nSPS) is 16.1. The number of allylic oxidation sites excluding steroid dienone is 2. The van der Waals surface area contributed by atoms with Gasteiger partial charge in [0.2, 0.25) is 0 Å². The van der Waals surface area contributed by atoms with Crippen molar-refractivity contribution in [2.45, 2.75) is 53.1 Å². The van der Waals surface area contributed by atoms with Crippen LogP contribution in [0.1, 0.15) is 58.6 Å². The van der Waals surface area contributed by atoms with Crippen LogP contribution in [-0.4, -0.2) is 36.7 Å². The highest BCUT2D eigenvalue weighted by Crippen LogP contribution is 2.41. The highest BCUT2D eigenvalue weighted by Gasteiger charge is 2.39. The predicted molar refractivity (Wildman–Crippen MR) is 126 cm³/mol. The van der Waals surface area contributed by atoms with Crippen LogP contribution < -0.4 is 5.32 Å². The molecule has 0 fully saturated rings. The quantitative estimate of drug-likeness (QED) is 0.365. The highest BCUT2D eigenvalue weighted by molar-refractivity contribution is 6.01. The fourth-order valence-electron chi connectivity index (χ4n) is 3.55. The Hall–Kier alpha value is -3.86. The van der Waals surface area contributed by atoms with Crippen LogP contribution in [0.4, 0.5) is 0 Å². The Kier molecular flexibility index (Phi) is 8.79. The first-order valence-corrected chi connectivity index (χ1v) is 11.0. The molecule has 1 aliphatic rings.